The zero-order valence-corrected chi connectivity index (χ0v) is 7.43. The molecule has 0 amide bonds. The van der Waals surface area contributed by atoms with E-state index in [-0.39, 0.29) is 24.2 Å². The van der Waals surface area contributed by atoms with E-state index in [0.717, 1.165) is 6.21 Å². The first-order chi connectivity index (χ1) is 5.65. The Bertz CT molecular complexity index is 161. The minimum Gasteiger partial charge on any atom is -0.316 e. The Balaban J connectivity index is 3.98. The number of hydrogen-bond acceptors (Lipinski definition) is 3. The third-order valence-electron chi connectivity index (χ3n) is 1.88. The standard InChI is InChI=1S/C8H15FN2O/c1-6(4-9)8(11-2)3-7(12)5-10/h5-6,8,10-11H,3-4H2,1-2H3/t6-,8-/m1/s1. The van der Waals surface area contributed by atoms with E-state index in [4.69, 9.17) is 5.41 Å². The quantitative estimate of drug-likeness (QED) is 0.585. The Morgan fingerprint density at radius 3 is 2.67 bits per heavy atom. The van der Waals surface area contributed by atoms with Crippen molar-refractivity contribution in [2.75, 3.05) is 13.7 Å². The summed E-state index contributed by atoms with van der Waals surface area (Å²) in [7, 11) is 1.69. The summed E-state index contributed by atoms with van der Waals surface area (Å²) in [5.41, 5.74) is 0. The average molecular weight is 174 g/mol. The summed E-state index contributed by atoms with van der Waals surface area (Å²) in [5, 5.41) is 9.53. The van der Waals surface area contributed by atoms with Crippen molar-refractivity contribution in [3.63, 3.8) is 0 Å². The van der Waals surface area contributed by atoms with Gasteiger partial charge in [-0.15, -0.1) is 0 Å². The van der Waals surface area contributed by atoms with Crippen molar-refractivity contribution < 1.29 is 9.18 Å². The number of nitrogens with one attached hydrogen (secondary N) is 2. The fourth-order valence-electron chi connectivity index (χ4n) is 0.971. The molecule has 12 heavy (non-hydrogen) atoms. The lowest BCUT2D eigenvalue weighted by Gasteiger charge is -2.19. The number of Topliss-reactive ketones (excluding diaryl/α,β-unsaturated/α-hetero) is 1. The highest BCUT2D eigenvalue weighted by Gasteiger charge is 2.17. The van der Waals surface area contributed by atoms with Gasteiger partial charge in [-0.25, -0.2) is 0 Å². The van der Waals surface area contributed by atoms with Crippen LogP contribution in [0.3, 0.4) is 0 Å². The summed E-state index contributed by atoms with van der Waals surface area (Å²) in [6, 6.07) is -0.163. The van der Waals surface area contributed by atoms with Gasteiger partial charge in [-0.2, -0.15) is 0 Å². The fourth-order valence-corrected chi connectivity index (χ4v) is 0.971. The van der Waals surface area contributed by atoms with E-state index >= 15 is 0 Å². The van der Waals surface area contributed by atoms with E-state index in [2.05, 4.69) is 5.32 Å². The second kappa shape index (κ2) is 5.83. The molecule has 0 bridgehead atoms. The summed E-state index contributed by atoms with van der Waals surface area (Å²) in [6.07, 6.45) is 0.973. The molecule has 70 valence electrons. The zero-order valence-electron chi connectivity index (χ0n) is 7.43. The molecule has 0 aliphatic rings. The maximum Gasteiger partial charge on any atom is 0.174 e. The minimum absolute atomic E-state index is 0.163. The normalized spacial score (nSPS) is 15.2. The first-order valence-electron chi connectivity index (χ1n) is 3.92. The Kier molecular flexibility index (Phi) is 5.45. The first kappa shape index (κ1) is 11.2. The Labute approximate surface area is 71.9 Å². The molecule has 0 unspecified atom stereocenters. The zero-order chi connectivity index (χ0) is 9.56. The van der Waals surface area contributed by atoms with Crippen LogP contribution in [-0.4, -0.2) is 31.8 Å². The van der Waals surface area contributed by atoms with Gasteiger partial charge in [-0.3, -0.25) is 9.18 Å². The van der Waals surface area contributed by atoms with Crippen LogP contribution >= 0.6 is 0 Å². The molecular weight excluding hydrogens is 159 g/mol. The average Bonchev–Trinajstić information content (AvgIpc) is 2.12. The van der Waals surface area contributed by atoms with Crippen LogP contribution in [0.25, 0.3) is 0 Å². The summed E-state index contributed by atoms with van der Waals surface area (Å²) in [6.45, 7) is 1.29. The molecule has 4 heteroatoms. The molecule has 0 fully saturated rings. The summed E-state index contributed by atoms with van der Waals surface area (Å²) in [4.78, 5) is 10.8. The van der Waals surface area contributed by atoms with Crippen molar-refractivity contribution in [3.05, 3.63) is 0 Å². The predicted molar refractivity (Wildman–Crippen MR) is 46.4 cm³/mol. The number of hydrogen-bond donors (Lipinski definition) is 2. The van der Waals surface area contributed by atoms with Gasteiger partial charge < -0.3 is 10.7 Å². The van der Waals surface area contributed by atoms with Crippen LogP contribution in [0, 0.1) is 11.3 Å². The third-order valence-corrected chi connectivity index (χ3v) is 1.88. The molecule has 0 heterocycles. The van der Waals surface area contributed by atoms with Gasteiger partial charge in [0.1, 0.15) is 0 Å². The number of carbonyl (C=O) groups excluding carboxylic acids is 1. The van der Waals surface area contributed by atoms with E-state index in [0.29, 0.717) is 0 Å². The van der Waals surface area contributed by atoms with Crippen molar-refractivity contribution in [1.82, 2.24) is 5.32 Å². The van der Waals surface area contributed by atoms with E-state index < -0.39 is 6.67 Å². The Morgan fingerprint density at radius 1 is 1.75 bits per heavy atom. The van der Waals surface area contributed by atoms with Crippen LogP contribution in [0.5, 0.6) is 0 Å². The second-order valence-electron chi connectivity index (χ2n) is 2.84. The lowest BCUT2D eigenvalue weighted by Crippen LogP contribution is -2.35. The van der Waals surface area contributed by atoms with Gasteiger partial charge in [0, 0.05) is 18.4 Å². The van der Waals surface area contributed by atoms with Gasteiger partial charge in [0.2, 0.25) is 0 Å². The lowest BCUT2D eigenvalue weighted by molar-refractivity contribution is -0.113. The van der Waals surface area contributed by atoms with Gasteiger partial charge in [-0.05, 0) is 7.05 Å². The van der Waals surface area contributed by atoms with Crippen LogP contribution in [0.4, 0.5) is 4.39 Å². The first-order valence-corrected chi connectivity index (χ1v) is 3.92. The number of rotatable bonds is 6. The molecule has 2 atom stereocenters. The maximum atomic E-state index is 12.2. The molecule has 0 aromatic carbocycles. The van der Waals surface area contributed by atoms with Crippen molar-refractivity contribution in [2.45, 2.75) is 19.4 Å². The van der Waals surface area contributed by atoms with Crippen LogP contribution in [-0.2, 0) is 4.79 Å². The molecule has 0 aliphatic carbocycles. The molecule has 0 radical (unpaired) electrons. The van der Waals surface area contributed by atoms with Crippen LogP contribution in [0.2, 0.25) is 0 Å². The number of ketones is 1. The maximum absolute atomic E-state index is 12.2. The van der Waals surface area contributed by atoms with E-state index in [1.165, 1.54) is 0 Å². The van der Waals surface area contributed by atoms with Gasteiger partial charge in [0.15, 0.2) is 5.78 Å². The van der Waals surface area contributed by atoms with E-state index in [1.54, 1.807) is 14.0 Å². The largest absolute Gasteiger partial charge is 0.316 e. The van der Waals surface area contributed by atoms with Crippen molar-refractivity contribution in [3.8, 4) is 0 Å². The molecule has 3 nitrogen and oxygen atoms in total. The van der Waals surface area contributed by atoms with Gasteiger partial charge >= 0.3 is 0 Å². The van der Waals surface area contributed by atoms with Gasteiger partial charge in [0.25, 0.3) is 0 Å². The summed E-state index contributed by atoms with van der Waals surface area (Å²) >= 11 is 0. The SMILES string of the molecule is CN[C@H](CC(=O)C=N)[C@H](C)CF. The monoisotopic (exact) mass is 174 g/mol. The topological polar surface area (TPSA) is 53.0 Å². The van der Waals surface area contributed by atoms with Gasteiger partial charge in [0.05, 0.1) is 12.9 Å². The molecule has 0 aliphatic heterocycles. The minimum atomic E-state index is -0.448. The van der Waals surface area contributed by atoms with Crippen LogP contribution in [0.1, 0.15) is 13.3 Å². The molecule has 0 aromatic heterocycles. The summed E-state index contributed by atoms with van der Waals surface area (Å²) in [5.74, 6) is -0.450. The molecule has 0 saturated carbocycles. The van der Waals surface area contributed by atoms with Gasteiger partial charge in [-0.1, -0.05) is 6.92 Å². The predicted octanol–water partition coefficient (Wildman–Crippen LogP) is 0.789. The number of halogens is 1. The van der Waals surface area contributed by atoms with E-state index in [1.807, 2.05) is 0 Å². The Morgan fingerprint density at radius 2 is 2.33 bits per heavy atom. The van der Waals surface area contributed by atoms with Crippen LogP contribution < -0.4 is 5.32 Å². The summed E-state index contributed by atoms with van der Waals surface area (Å²) < 4.78 is 12.2. The smallest absolute Gasteiger partial charge is 0.174 e. The molecular formula is C8H15FN2O. The highest BCUT2D eigenvalue weighted by atomic mass is 19.1. The van der Waals surface area contributed by atoms with Crippen molar-refractivity contribution in [1.29, 1.82) is 5.41 Å². The highest BCUT2D eigenvalue weighted by Crippen LogP contribution is 2.07. The van der Waals surface area contributed by atoms with Crippen molar-refractivity contribution in [2.24, 2.45) is 5.92 Å². The highest BCUT2D eigenvalue weighted by molar-refractivity contribution is 6.26. The van der Waals surface area contributed by atoms with Crippen LogP contribution in [0.15, 0.2) is 0 Å². The number of alkyl halides is 1. The number of carbonyl (C=O) groups is 1. The second-order valence-corrected chi connectivity index (χ2v) is 2.84. The molecule has 0 rings (SSSR count). The molecule has 0 spiro atoms. The Hall–Kier alpha value is -0.770. The molecule has 2 N–H and O–H groups in total. The lowest BCUT2D eigenvalue weighted by atomic mass is 9.98. The fraction of sp³-hybridized carbons (Fsp3) is 0.750. The third kappa shape index (κ3) is 3.57. The molecule has 0 aromatic rings. The van der Waals surface area contributed by atoms with E-state index in [9.17, 15) is 9.18 Å². The molecule has 0 saturated heterocycles. The van der Waals surface area contributed by atoms with Crippen molar-refractivity contribution >= 4 is 12.0 Å².